The van der Waals surface area contributed by atoms with E-state index in [9.17, 15) is 4.79 Å². The Hall–Kier alpha value is -2.77. The zero-order valence-electron chi connectivity index (χ0n) is 17.0. The molecule has 0 saturated heterocycles. The van der Waals surface area contributed by atoms with Gasteiger partial charge < -0.3 is 9.15 Å². The maximum atomic E-state index is 11.5. The van der Waals surface area contributed by atoms with Crippen LogP contribution >= 0.6 is 11.3 Å². The summed E-state index contributed by atoms with van der Waals surface area (Å²) in [6.45, 7) is 10.9. The second-order valence-corrected chi connectivity index (χ2v) is 8.13. The molecule has 0 aliphatic heterocycles. The van der Waals surface area contributed by atoms with Gasteiger partial charge in [-0.2, -0.15) is 4.98 Å². The molecule has 0 radical (unpaired) electrons. The summed E-state index contributed by atoms with van der Waals surface area (Å²) in [6.07, 6.45) is 0. The Balaban J connectivity index is 1.79. The molecule has 0 amide bonds. The zero-order chi connectivity index (χ0) is 20.5. The highest BCUT2D eigenvalue weighted by atomic mass is 32.1. The molecule has 3 aromatic heterocycles. The number of ether oxygens (including phenoxy) is 1. The molecule has 4 rings (SSSR count). The number of nitrogens with zero attached hydrogens (tertiary/aromatic N) is 3. The Morgan fingerprint density at radius 2 is 1.86 bits per heavy atom. The van der Waals surface area contributed by atoms with Crippen molar-refractivity contribution < 1.29 is 9.15 Å². The van der Waals surface area contributed by atoms with Gasteiger partial charge in [-0.05, 0) is 50.7 Å². The first-order valence-electron chi connectivity index (χ1n) is 9.69. The molecule has 0 saturated carbocycles. The Kier molecular flexibility index (Phi) is 5.34. The minimum Gasteiger partial charge on any atom is -0.438 e. The number of fused-ring (bicyclic) bond motifs is 2. The van der Waals surface area contributed by atoms with Crippen molar-refractivity contribution >= 4 is 32.5 Å². The van der Waals surface area contributed by atoms with E-state index >= 15 is 0 Å². The first kappa shape index (κ1) is 19.5. The molecule has 0 aliphatic carbocycles. The SMILES string of the molecule is CCN(CC)Cc1nc(Oc2ccc3ccc(=O)oc3c2)c2c(C)c(C)sc2n1. The van der Waals surface area contributed by atoms with Crippen molar-refractivity contribution in [1.82, 2.24) is 14.9 Å². The van der Waals surface area contributed by atoms with Gasteiger partial charge >= 0.3 is 5.63 Å². The number of thiophene rings is 1. The Morgan fingerprint density at radius 3 is 2.62 bits per heavy atom. The van der Waals surface area contributed by atoms with Crippen LogP contribution in [-0.4, -0.2) is 28.0 Å². The molecule has 150 valence electrons. The van der Waals surface area contributed by atoms with Crippen LogP contribution in [0.3, 0.4) is 0 Å². The van der Waals surface area contributed by atoms with Gasteiger partial charge in [-0.15, -0.1) is 11.3 Å². The summed E-state index contributed by atoms with van der Waals surface area (Å²) in [5.74, 6) is 1.85. The fourth-order valence-electron chi connectivity index (χ4n) is 3.26. The maximum absolute atomic E-state index is 11.5. The van der Waals surface area contributed by atoms with Crippen LogP contribution in [0.15, 0.2) is 39.5 Å². The second-order valence-electron chi connectivity index (χ2n) is 6.93. The molecule has 29 heavy (non-hydrogen) atoms. The van der Waals surface area contributed by atoms with E-state index in [0.717, 1.165) is 40.1 Å². The van der Waals surface area contributed by atoms with Crippen LogP contribution in [0.2, 0.25) is 0 Å². The Bertz CT molecular complexity index is 1240. The van der Waals surface area contributed by atoms with Gasteiger partial charge in [0.25, 0.3) is 0 Å². The lowest BCUT2D eigenvalue weighted by atomic mass is 10.2. The van der Waals surface area contributed by atoms with Crippen LogP contribution in [0.1, 0.15) is 30.1 Å². The largest absolute Gasteiger partial charge is 0.438 e. The number of aromatic nitrogens is 2. The van der Waals surface area contributed by atoms with E-state index < -0.39 is 0 Å². The summed E-state index contributed by atoms with van der Waals surface area (Å²) < 4.78 is 11.5. The Labute approximate surface area is 172 Å². The van der Waals surface area contributed by atoms with Crippen LogP contribution in [0.4, 0.5) is 0 Å². The highest BCUT2D eigenvalue weighted by molar-refractivity contribution is 7.18. The molecule has 0 atom stereocenters. The van der Waals surface area contributed by atoms with E-state index in [-0.39, 0.29) is 5.63 Å². The van der Waals surface area contributed by atoms with Crippen LogP contribution in [0, 0.1) is 13.8 Å². The van der Waals surface area contributed by atoms with Crippen molar-refractivity contribution in [2.45, 2.75) is 34.2 Å². The third-order valence-electron chi connectivity index (χ3n) is 5.11. The topological polar surface area (TPSA) is 68.5 Å². The number of benzene rings is 1. The van der Waals surface area contributed by atoms with Gasteiger partial charge in [-0.3, -0.25) is 4.90 Å². The summed E-state index contributed by atoms with van der Waals surface area (Å²) >= 11 is 1.65. The predicted octanol–water partition coefficient (Wildman–Crippen LogP) is 5.05. The fraction of sp³-hybridized carbons (Fsp3) is 0.318. The lowest BCUT2D eigenvalue weighted by Crippen LogP contribution is -2.23. The zero-order valence-corrected chi connectivity index (χ0v) is 17.8. The van der Waals surface area contributed by atoms with Crippen LogP contribution < -0.4 is 10.4 Å². The average molecular weight is 410 g/mol. The summed E-state index contributed by atoms with van der Waals surface area (Å²) in [5.41, 5.74) is 1.23. The van der Waals surface area contributed by atoms with Crippen molar-refractivity contribution in [3.8, 4) is 11.6 Å². The van der Waals surface area contributed by atoms with Gasteiger partial charge in [0.2, 0.25) is 5.88 Å². The van der Waals surface area contributed by atoms with Gasteiger partial charge in [0.15, 0.2) is 0 Å². The second kappa shape index (κ2) is 7.93. The third kappa shape index (κ3) is 3.88. The third-order valence-corrected chi connectivity index (χ3v) is 6.21. The van der Waals surface area contributed by atoms with Crippen molar-refractivity contribution in [2.24, 2.45) is 0 Å². The molecule has 0 aliphatic rings. The van der Waals surface area contributed by atoms with E-state index in [0.29, 0.717) is 23.8 Å². The maximum Gasteiger partial charge on any atom is 0.336 e. The molecule has 0 unspecified atom stereocenters. The van der Waals surface area contributed by atoms with Crippen LogP contribution in [0.5, 0.6) is 11.6 Å². The highest BCUT2D eigenvalue weighted by Crippen LogP contribution is 2.37. The Morgan fingerprint density at radius 1 is 1.10 bits per heavy atom. The van der Waals surface area contributed by atoms with Crippen molar-refractivity contribution in [3.63, 3.8) is 0 Å². The lowest BCUT2D eigenvalue weighted by Gasteiger charge is -2.17. The molecule has 3 heterocycles. The summed E-state index contributed by atoms with van der Waals surface area (Å²) in [7, 11) is 0. The van der Waals surface area contributed by atoms with Crippen molar-refractivity contribution in [2.75, 3.05) is 13.1 Å². The van der Waals surface area contributed by atoms with Crippen LogP contribution in [0.25, 0.3) is 21.2 Å². The summed E-state index contributed by atoms with van der Waals surface area (Å²) in [5, 5.41) is 1.78. The minimum absolute atomic E-state index is 0.384. The molecule has 4 aromatic rings. The number of hydrogen-bond donors (Lipinski definition) is 0. The molecular formula is C22H23N3O3S. The van der Waals surface area contributed by atoms with Gasteiger partial charge in [-0.25, -0.2) is 9.78 Å². The summed E-state index contributed by atoms with van der Waals surface area (Å²) in [6, 6.07) is 8.60. The monoisotopic (exact) mass is 409 g/mol. The molecule has 0 bridgehead atoms. The highest BCUT2D eigenvalue weighted by Gasteiger charge is 2.17. The van der Waals surface area contributed by atoms with E-state index in [1.54, 1.807) is 23.5 Å². The normalized spacial score (nSPS) is 11.6. The molecule has 7 heteroatoms. The number of aryl methyl sites for hydroxylation is 2. The molecule has 0 spiro atoms. The van der Waals surface area contributed by atoms with Gasteiger partial charge in [0.1, 0.15) is 22.0 Å². The van der Waals surface area contributed by atoms with E-state index in [1.807, 2.05) is 12.1 Å². The molecule has 6 nitrogen and oxygen atoms in total. The molecular weight excluding hydrogens is 386 g/mol. The van der Waals surface area contributed by atoms with Gasteiger partial charge in [0.05, 0.1) is 11.9 Å². The lowest BCUT2D eigenvalue weighted by molar-refractivity contribution is 0.287. The number of rotatable bonds is 6. The standard InChI is InChI=1S/C22H23N3O3S/c1-5-25(6-2)12-18-23-21(20-13(3)14(4)29-22(20)24-18)27-16-9-7-15-8-10-19(26)28-17(15)11-16/h7-11H,5-6,12H2,1-4H3. The first-order valence-corrected chi connectivity index (χ1v) is 10.5. The predicted molar refractivity (Wildman–Crippen MR) is 116 cm³/mol. The fourth-order valence-corrected chi connectivity index (χ4v) is 4.30. The van der Waals surface area contributed by atoms with Crippen molar-refractivity contribution in [3.05, 3.63) is 57.0 Å². The molecule has 0 N–H and O–H groups in total. The van der Waals surface area contributed by atoms with Gasteiger partial charge in [0, 0.05) is 22.4 Å². The van der Waals surface area contributed by atoms with E-state index in [1.165, 1.54) is 10.9 Å². The minimum atomic E-state index is -0.384. The first-order chi connectivity index (χ1) is 14.0. The molecule has 0 fully saturated rings. The molecule has 1 aromatic carbocycles. The quantitative estimate of drug-likeness (QED) is 0.415. The summed E-state index contributed by atoms with van der Waals surface area (Å²) in [4.78, 5) is 25.5. The van der Waals surface area contributed by atoms with E-state index in [4.69, 9.17) is 19.1 Å². The van der Waals surface area contributed by atoms with E-state index in [2.05, 4.69) is 32.6 Å². The average Bonchev–Trinajstić information content (AvgIpc) is 2.99. The van der Waals surface area contributed by atoms with Crippen LogP contribution in [-0.2, 0) is 6.54 Å². The van der Waals surface area contributed by atoms with Gasteiger partial charge in [-0.1, -0.05) is 13.8 Å². The smallest absolute Gasteiger partial charge is 0.336 e. The van der Waals surface area contributed by atoms with Crippen molar-refractivity contribution in [1.29, 1.82) is 0 Å². The number of hydrogen-bond acceptors (Lipinski definition) is 7.